The van der Waals surface area contributed by atoms with Crippen molar-refractivity contribution in [3.8, 4) is 6.07 Å². The van der Waals surface area contributed by atoms with Crippen molar-refractivity contribution < 1.29 is 16.8 Å². The van der Waals surface area contributed by atoms with E-state index >= 15 is 0 Å². The maximum absolute atomic E-state index is 11.6. The normalized spacial score (nSPS) is 12.5. The number of sulfonamides is 2. The molecule has 0 radical (unpaired) electrons. The largest absolute Gasteiger partial charge is 0.382 e. The first-order chi connectivity index (χ1) is 10.4. The van der Waals surface area contributed by atoms with E-state index in [2.05, 4.69) is 10.5 Å². The van der Waals surface area contributed by atoms with E-state index in [9.17, 15) is 16.8 Å². The van der Waals surface area contributed by atoms with Gasteiger partial charge in [0.15, 0.2) is 5.84 Å². The molecule has 11 nitrogen and oxygen atoms in total. The number of anilines is 1. The molecule has 124 valence electrons. The Kier molecular flexibility index (Phi) is 5.30. The number of benzene rings is 1. The van der Waals surface area contributed by atoms with Crippen LogP contribution in [0.25, 0.3) is 0 Å². The second-order valence-electron chi connectivity index (χ2n) is 3.97. The van der Waals surface area contributed by atoms with Crippen LogP contribution in [0.3, 0.4) is 0 Å². The van der Waals surface area contributed by atoms with Crippen molar-refractivity contribution in [3.05, 3.63) is 17.2 Å². The van der Waals surface area contributed by atoms with Gasteiger partial charge < -0.3 is 5.73 Å². The predicted octanol–water partition coefficient (Wildman–Crippen LogP) is -1.14. The quantitative estimate of drug-likeness (QED) is 0.240. The van der Waals surface area contributed by atoms with E-state index in [1.165, 1.54) is 6.07 Å². The average Bonchev–Trinajstić information content (AvgIpc) is 2.35. The summed E-state index contributed by atoms with van der Waals surface area (Å²) >= 11 is 5.73. The molecule has 0 aromatic heterocycles. The highest BCUT2D eigenvalue weighted by Crippen LogP contribution is 2.30. The molecule has 0 heterocycles. The number of primary sulfonamides is 2. The second-order valence-corrected chi connectivity index (χ2v) is 7.43. The summed E-state index contributed by atoms with van der Waals surface area (Å²) in [4.78, 5) is -1.35. The van der Waals surface area contributed by atoms with E-state index in [4.69, 9.17) is 38.3 Å². The number of nitriles is 1. The third kappa shape index (κ3) is 4.61. The lowest BCUT2D eigenvalue weighted by atomic mass is 10.3. The lowest BCUT2D eigenvalue weighted by Gasteiger charge is -2.11. The Morgan fingerprint density at radius 3 is 2.13 bits per heavy atom. The van der Waals surface area contributed by atoms with Crippen molar-refractivity contribution >= 4 is 48.9 Å². The van der Waals surface area contributed by atoms with Gasteiger partial charge in [-0.05, 0) is 12.1 Å². The lowest BCUT2D eigenvalue weighted by molar-refractivity contribution is 0.596. The zero-order valence-electron chi connectivity index (χ0n) is 11.1. The van der Waals surface area contributed by atoms with Crippen molar-refractivity contribution in [1.82, 2.24) is 0 Å². The van der Waals surface area contributed by atoms with Crippen LogP contribution < -0.4 is 21.4 Å². The molecule has 0 amide bonds. The van der Waals surface area contributed by atoms with Crippen LogP contribution in [0, 0.1) is 16.7 Å². The number of nitrogens with zero attached hydrogens (tertiary/aromatic N) is 2. The lowest BCUT2D eigenvalue weighted by Crippen LogP contribution is -2.22. The van der Waals surface area contributed by atoms with Gasteiger partial charge in [-0.1, -0.05) is 11.6 Å². The number of amidine groups is 1. The molecule has 0 fully saturated rings. The number of halogens is 1. The number of nitrogens with one attached hydrogen (secondary N) is 2. The molecular formula is C9H10ClN7O4S2. The molecule has 0 saturated carbocycles. The van der Waals surface area contributed by atoms with Gasteiger partial charge in [-0.3, -0.25) is 10.8 Å². The van der Waals surface area contributed by atoms with E-state index in [-0.39, 0.29) is 5.69 Å². The highest BCUT2D eigenvalue weighted by molar-refractivity contribution is 7.90. The molecule has 0 unspecified atom stereocenters. The number of nitrogens with two attached hydrogens (primary N) is 3. The van der Waals surface area contributed by atoms with Gasteiger partial charge in [0.05, 0.1) is 10.7 Å². The molecule has 1 aromatic rings. The molecule has 0 aliphatic heterocycles. The Morgan fingerprint density at radius 2 is 1.74 bits per heavy atom. The molecule has 0 aliphatic carbocycles. The van der Waals surface area contributed by atoms with Crippen LogP contribution in [0.2, 0.25) is 5.02 Å². The minimum absolute atomic E-state index is 0.334. The van der Waals surface area contributed by atoms with Crippen LogP contribution in [0.15, 0.2) is 27.0 Å². The van der Waals surface area contributed by atoms with Gasteiger partial charge in [0.1, 0.15) is 15.9 Å². The first-order valence-electron chi connectivity index (χ1n) is 5.35. The maximum Gasteiger partial charge on any atom is 0.240 e. The third-order valence-corrected chi connectivity index (χ3v) is 4.62. The summed E-state index contributed by atoms with van der Waals surface area (Å²) in [6.07, 6.45) is 0. The first kappa shape index (κ1) is 18.8. The van der Waals surface area contributed by atoms with Crippen LogP contribution in [0.1, 0.15) is 0 Å². The summed E-state index contributed by atoms with van der Waals surface area (Å²) < 4.78 is 45.9. The highest BCUT2D eigenvalue weighted by atomic mass is 35.5. The maximum atomic E-state index is 11.6. The molecule has 0 aliphatic rings. The summed E-state index contributed by atoms with van der Waals surface area (Å²) in [7, 11) is -8.69. The van der Waals surface area contributed by atoms with Crippen molar-refractivity contribution in [2.45, 2.75) is 9.79 Å². The molecule has 0 atom stereocenters. The summed E-state index contributed by atoms with van der Waals surface area (Å²) in [6, 6.07) is 3.02. The molecule has 0 spiro atoms. The molecule has 1 aromatic carbocycles. The molecule has 8 N–H and O–H groups in total. The van der Waals surface area contributed by atoms with Crippen molar-refractivity contribution in [2.75, 3.05) is 5.43 Å². The summed E-state index contributed by atoms with van der Waals surface area (Å²) in [5.41, 5.74) is 6.33. The van der Waals surface area contributed by atoms with E-state index < -0.39 is 46.4 Å². The fourth-order valence-corrected chi connectivity index (χ4v) is 3.20. The van der Waals surface area contributed by atoms with Crippen molar-refractivity contribution in [1.29, 1.82) is 10.7 Å². The standard InChI is InChI=1S/C9H10ClN7O4S2/c10-4-1-5(16-17-6(3-11)9(12)13)8(23(15,20)21)2-7(4)22(14,18)19/h1-2,16H,(H3,12,13)(H2,14,18,19)(H2,15,20,21)/b17-6+. The second kappa shape index (κ2) is 6.48. The zero-order chi connectivity index (χ0) is 18.0. The van der Waals surface area contributed by atoms with Gasteiger partial charge in [0, 0.05) is 0 Å². The van der Waals surface area contributed by atoms with Crippen LogP contribution in [-0.4, -0.2) is 28.4 Å². The Morgan fingerprint density at radius 1 is 1.22 bits per heavy atom. The monoisotopic (exact) mass is 379 g/mol. The number of hydrazone groups is 1. The summed E-state index contributed by atoms with van der Waals surface area (Å²) in [6.45, 7) is 0. The zero-order valence-corrected chi connectivity index (χ0v) is 13.5. The molecule has 0 saturated heterocycles. The van der Waals surface area contributed by atoms with E-state index in [1.54, 1.807) is 0 Å². The highest BCUT2D eigenvalue weighted by Gasteiger charge is 2.22. The SMILES string of the molecule is N#C/C(=N\Nc1cc(Cl)c(S(N)(=O)=O)cc1S(N)(=O)=O)C(=N)N. The Hall–Kier alpha value is -2.24. The first-order valence-corrected chi connectivity index (χ1v) is 8.82. The minimum Gasteiger partial charge on any atom is -0.382 e. The van der Waals surface area contributed by atoms with Crippen molar-refractivity contribution in [2.24, 2.45) is 21.1 Å². The molecule has 23 heavy (non-hydrogen) atoms. The van der Waals surface area contributed by atoms with Gasteiger partial charge in [0.2, 0.25) is 25.8 Å². The fourth-order valence-electron chi connectivity index (χ4n) is 1.34. The molecular weight excluding hydrogens is 370 g/mol. The van der Waals surface area contributed by atoms with E-state index in [0.29, 0.717) is 6.07 Å². The van der Waals surface area contributed by atoms with Crippen LogP contribution in [0.4, 0.5) is 5.69 Å². The smallest absolute Gasteiger partial charge is 0.240 e. The Bertz CT molecular complexity index is 947. The molecule has 1 rings (SSSR count). The van der Waals surface area contributed by atoms with E-state index in [1.807, 2.05) is 0 Å². The predicted molar refractivity (Wildman–Crippen MR) is 82.8 cm³/mol. The van der Waals surface area contributed by atoms with Gasteiger partial charge in [-0.15, -0.1) is 0 Å². The number of hydrogen-bond acceptors (Lipinski definition) is 8. The summed E-state index contributed by atoms with van der Waals surface area (Å²) in [5, 5.41) is 28.7. The summed E-state index contributed by atoms with van der Waals surface area (Å²) in [5.74, 6) is -0.676. The van der Waals surface area contributed by atoms with Gasteiger partial charge in [-0.2, -0.15) is 10.4 Å². The van der Waals surface area contributed by atoms with Crippen LogP contribution in [-0.2, 0) is 20.0 Å². The van der Waals surface area contributed by atoms with E-state index in [0.717, 1.165) is 6.07 Å². The fraction of sp³-hybridized carbons (Fsp3) is 0. The van der Waals surface area contributed by atoms with Gasteiger partial charge in [0.25, 0.3) is 0 Å². The third-order valence-electron chi connectivity index (χ3n) is 2.30. The Labute approximate surface area is 136 Å². The van der Waals surface area contributed by atoms with Gasteiger partial charge >= 0.3 is 0 Å². The average molecular weight is 380 g/mol. The van der Waals surface area contributed by atoms with Crippen molar-refractivity contribution in [3.63, 3.8) is 0 Å². The number of rotatable bonds is 5. The number of hydrogen-bond donors (Lipinski definition) is 5. The van der Waals surface area contributed by atoms with Crippen LogP contribution in [0.5, 0.6) is 0 Å². The molecule has 14 heteroatoms. The van der Waals surface area contributed by atoms with Crippen LogP contribution >= 0.6 is 11.6 Å². The minimum atomic E-state index is -4.39. The Balaban J connectivity index is 3.60. The topological polar surface area (TPSA) is 218 Å². The van der Waals surface area contributed by atoms with Gasteiger partial charge in [-0.25, -0.2) is 27.1 Å². The molecule has 0 bridgehead atoms.